The number of ether oxygens (including phenoxy) is 3. The van der Waals surface area contributed by atoms with Crippen molar-refractivity contribution in [1.29, 1.82) is 0 Å². The van der Waals surface area contributed by atoms with Gasteiger partial charge in [-0.25, -0.2) is 4.79 Å². The van der Waals surface area contributed by atoms with E-state index in [1.807, 2.05) is 12.1 Å². The highest BCUT2D eigenvalue weighted by atomic mass is 16.5. The van der Waals surface area contributed by atoms with Crippen LogP contribution in [0.3, 0.4) is 0 Å². The van der Waals surface area contributed by atoms with Gasteiger partial charge in [-0.3, -0.25) is 4.98 Å². The van der Waals surface area contributed by atoms with Gasteiger partial charge in [0.25, 0.3) is 0 Å². The lowest BCUT2D eigenvalue weighted by atomic mass is 10.2. The molecule has 1 aromatic carbocycles. The third-order valence-electron chi connectivity index (χ3n) is 2.68. The van der Waals surface area contributed by atoms with Crippen LogP contribution in [0, 0.1) is 0 Å². The summed E-state index contributed by atoms with van der Waals surface area (Å²) in [5.74, 6) is 0.394. The van der Waals surface area contributed by atoms with E-state index in [-0.39, 0.29) is 24.5 Å². The maximum atomic E-state index is 11.0. The average molecular weight is 289 g/mol. The number of hydrogen-bond donors (Lipinski definition) is 1. The minimum Gasteiger partial charge on any atom is -0.493 e. The number of carboxylic acid groups (broad SMARTS) is 1. The fourth-order valence-electron chi connectivity index (χ4n) is 1.71. The molecule has 0 bridgehead atoms. The summed E-state index contributed by atoms with van der Waals surface area (Å²) in [6.07, 6.45) is 2.77. The highest BCUT2D eigenvalue weighted by Crippen LogP contribution is 2.25. The number of aromatic nitrogens is 1. The molecule has 0 aliphatic rings. The molecule has 1 heterocycles. The fourth-order valence-corrected chi connectivity index (χ4v) is 1.71. The van der Waals surface area contributed by atoms with Gasteiger partial charge in [0, 0.05) is 6.20 Å². The van der Waals surface area contributed by atoms with E-state index in [9.17, 15) is 4.79 Å². The van der Waals surface area contributed by atoms with Gasteiger partial charge < -0.3 is 19.3 Å². The molecule has 0 saturated heterocycles. The number of benzene rings is 1. The molecule has 6 heteroatoms. The summed E-state index contributed by atoms with van der Waals surface area (Å²) < 4.78 is 16.1. The zero-order valence-corrected chi connectivity index (χ0v) is 11.5. The second-order valence-corrected chi connectivity index (χ2v) is 4.02. The highest BCUT2D eigenvalue weighted by Gasteiger charge is 2.10. The lowest BCUT2D eigenvalue weighted by Gasteiger charge is -2.11. The van der Waals surface area contributed by atoms with Crippen LogP contribution in [0.5, 0.6) is 17.2 Å². The minimum atomic E-state index is -1.06. The van der Waals surface area contributed by atoms with Crippen molar-refractivity contribution >= 4 is 5.97 Å². The summed E-state index contributed by atoms with van der Waals surface area (Å²) >= 11 is 0. The SMILES string of the molecule is COc1ccccc1OCCOc1cnccc1C(=O)O. The first-order valence-corrected chi connectivity index (χ1v) is 6.28. The van der Waals surface area contributed by atoms with Crippen molar-refractivity contribution in [2.24, 2.45) is 0 Å². The van der Waals surface area contributed by atoms with Crippen LogP contribution >= 0.6 is 0 Å². The van der Waals surface area contributed by atoms with Gasteiger partial charge in [0.2, 0.25) is 0 Å². The molecule has 0 unspecified atom stereocenters. The van der Waals surface area contributed by atoms with E-state index in [1.54, 1.807) is 19.2 Å². The molecular formula is C15H15NO5. The number of rotatable bonds is 7. The lowest BCUT2D eigenvalue weighted by molar-refractivity contribution is 0.0691. The van der Waals surface area contributed by atoms with Gasteiger partial charge in [0.15, 0.2) is 17.2 Å². The molecule has 2 aromatic rings. The lowest BCUT2D eigenvalue weighted by Crippen LogP contribution is -2.11. The first-order chi connectivity index (χ1) is 10.2. The van der Waals surface area contributed by atoms with Gasteiger partial charge in [0.05, 0.1) is 13.3 Å². The number of aromatic carboxylic acids is 1. The maximum absolute atomic E-state index is 11.0. The van der Waals surface area contributed by atoms with Gasteiger partial charge in [-0.2, -0.15) is 0 Å². The van der Waals surface area contributed by atoms with Crippen molar-refractivity contribution < 1.29 is 24.1 Å². The third kappa shape index (κ3) is 3.85. The predicted octanol–water partition coefficient (Wildman–Crippen LogP) is 2.25. The van der Waals surface area contributed by atoms with Crippen molar-refractivity contribution in [1.82, 2.24) is 4.98 Å². The van der Waals surface area contributed by atoms with Crippen molar-refractivity contribution in [3.8, 4) is 17.2 Å². The van der Waals surface area contributed by atoms with Crippen LogP contribution in [0.1, 0.15) is 10.4 Å². The number of methoxy groups -OCH3 is 1. The number of carbonyl (C=O) groups is 1. The standard InChI is InChI=1S/C15H15NO5/c1-19-12-4-2-3-5-13(12)20-8-9-21-14-10-16-7-6-11(14)15(17)18/h2-7,10H,8-9H2,1H3,(H,17,18). The summed E-state index contributed by atoms with van der Waals surface area (Å²) in [4.78, 5) is 14.8. The second-order valence-electron chi connectivity index (χ2n) is 4.02. The Morgan fingerprint density at radius 1 is 1.10 bits per heavy atom. The van der Waals surface area contributed by atoms with Gasteiger partial charge in [-0.05, 0) is 18.2 Å². The molecule has 0 atom stereocenters. The average Bonchev–Trinajstić information content (AvgIpc) is 2.52. The van der Waals surface area contributed by atoms with Crippen LogP contribution in [0.15, 0.2) is 42.7 Å². The molecule has 110 valence electrons. The highest BCUT2D eigenvalue weighted by molar-refractivity contribution is 5.90. The molecule has 0 amide bonds. The molecular weight excluding hydrogens is 274 g/mol. The van der Waals surface area contributed by atoms with E-state index in [0.29, 0.717) is 11.5 Å². The summed E-state index contributed by atoms with van der Waals surface area (Å²) in [7, 11) is 1.56. The summed E-state index contributed by atoms with van der Waals surface area (Å²) in [5.41, 5.74) is 0.0716. The normalized spacial score (nSPS) is 9.95. The Balaban J connectivity index is 1.89. The third-order valence-corrected chi connectivity index (χ3v) is 2.68. The zero-order chi connectivity index (χ0) is 15.1. The molecule has 0 aliphatic heterocycles. The van der Waals surface area contributed by atoms with Gasteiger partial charge in [-0.15, -0.1) is 0 Å². The van der Waals surface area contributed by atoms with E-state index in [2.05, 4.69) is 4.98 Å². The molecule has 21 heavy (non-hydrogen) atoms. The Bertz CT molecular complexity index is 615. The Hall–Kier alpha value is -2.76. The van der Waals surface area contributed by atoms with Crippen molar-refractivity contribution in [3.05, 3.63) is 48.3 Å². The summed E-state index contributed by atoms with van der Waals surface area (Å²) in [6.45, 7) is 0.457. The molecule has 2 rings (SSSR count). The monoisotopic (exact) mass is 289 g/mol. The van der Waals surface area contributed by atoms with Crippen LogP contribution in [-0.4, -0.2) is 36.4 Å². The Kier molecular flexibility index (Phi) is 4.98. The number of hydrogen-bond acceptors (Lipinski definition) is 5. The number of carboxylic acids is 1. The molecule has 0 spiro atoms. The Morgan fingerprint density at radius 3 is 2.43 bits per heavy atom. The van der Waals surface area contributed by atoms with Gasteiger partial charge >= 0.3 is 5.97 Å². The molecule has 6 nitrogen and oxygen atoms in total. The molecule has 0 saturated carbocycles. The molecule has 1 N–H and O–H groups in total. The van der Waals surface area contributed by atoms with Crippen LogP contribution < -0.4 is 14.2 Å². The van der Waals surface area contributed by atoms with Crippen LogP contribution in [0.2, 0.25) is 0 Å². The second kappa shape index (κ2) is 7.14. The largest absolute Gasteiger partial charge is 0.493 e. The summed E-state index contributed by atoms with van der Waals surface area (Å²) in [6, 6.07) is 8.64. The van der Waals surface area contributed by atoms with E-state index in [4.69, 9.17) is 19.3 Å². The van der Waals surface area contributed by atoms with E-state index >= 15 is 0 Å². The molecule has 0 radical (unpaired) electrons. The Morgan fingerprint density at radius 2 is 1.76 bits per heavy atom. The van der Waals surface area contributed by atoms with Crippen LogP contribution in [0.25, 0.3) is 0 Å². The molecule has 1 aromatic heterocycles. The minimum absolute atomic E-state index is 0.0716. The summed E-state index contributed by atoms with van der Waals surface area (Å²) in [5, 5.41) is 9.01. The van der Waals surface area contributed by atoms with Crippen molar-refractivity contribution in [3.63, 3.8) is 0 Å². The Labute approximate surface area is 121 Å². The first-order valence-electron chi connectivity index (χ1n) is 6.28. The fraction of sp³-hybridized carbons (Fsp3) is 0.200. The molecule has 0 aliphatic carbocycles. The number of para-hydroxylation sites is 2. The quantitative estimate of drug-likeness (QED) is 0.788. The predicted molar refractivity (Wildman–Crippen MR) is 75.2 cm³/mol. The van der Waals surface area contributed by atoms with Gasteiger partial charge in [-0.1, -0.05) is 12.1 Å². The topological polar surface area (TPSA) is 77.9 Å². The number of nitrogens with zero attached hydrogens (tertiary/aromatic N) is 1. The van der Waals surface area contributed by atoms with Crippen LogP contribution in [0.4, 0.5) is 0 Å². The van der Waals surface area contributed by atoms with E-state index in [0.717, 1.165) is 0 Å². The first kappa shape index (κ1) is 14.6. The van der Waals surface area contributed by atoms with Crippen molar-refractivity contribution in [2.45, 2.75) is 0 Å². The van der Waals surface area contributed by atoms with E-state index in [1.165, 1.54) is 18.5 Å². The van der Waals surface area contributed by atoms with Crippen molar-refractivity contribution in [2.75, 3.05) is 20.3 Å². The zero-order valence-electron chi connectivity index (χ0n) is 11.5. The van der Waals surface area contributed by atoms with Gasteiger partial charge in [0.1, 0.15) is 18.8 Å². The van der Waals surface area contributed by atoms with Crippen LogP contribution in [-0.2, 0) is 0 Å². The smallest absolute Gasteiger partial charge is 0.339 e. The maximum Gasteiger partial charge on any atom is 0.339 e. The van der Waals surface area contributed by atoms with E-state index < -0.39 is 5.97 Å². The number of pyridine rings is 1. The molecule has 0 fully saturated rings.